The van der Waals surface area contributed by atoms with Crippen molar-refractivity contribution >= 4 is 11.4 Å². The molecule has 0 radical (unpaired) electrons. The second-order valence-electron chi connectivity index (χ2n) is 5.01. The number of nitrogens with one attached hydrogen (secondary N) is 1. The molecule has 0 bridgehead atoms. The van der Waals surface area contributed by atoms with Crippen molar-refractivity contribution < 1.29 is 4.79 Å². The maximum absolute atomic E-state index is 12.4. The van der Waals surface area contributed by atoms with Gasteiger partial charge in [0.2, 0.25) is 0 Å². The van der Waals surface area contributed by atoms with Crippen LogP contribution in [0.15, 0.2) is 49.1 Å². The maximum atomic E-state index is 12.4. The van der Waals surface area contributed by atoms with E-state index in [1.807, 2.05) is 44.2 Å². The molecule has 3 rings (SSSR count). The van der Waals surface area contributed by atoms with Gasteiger partial charge in [-0.3, -0.25) is 4.79 Å². The zero-order valence-electron chi connectivity index (χ0n) is 11.9. The van der Waals surface area contributed by atoms with Crippen molar-refractivity contribution in [3.05, 3.63) is 65.7 Å². The molecule has 0 aliphatic carbocycles. The number of rotatable bonds is 3. The summed E-state index contributed by atoms with van der Waals surface area (Å²) >= 11 is 0. The van der Waals surface area contributed by atoms with Crippen LogP contribution in [0.5, 0.6) is 0 Å². The molecule has 1 aromatic carbocycles. The van der Waals surface area contributed by atoms with Crippen LogP contribution < -0.4 is 5.32 Å². The highest BCUT2D eigenvalue weighted by atomic mass is 16.1. The lowest BCUT2D eigenvalue weighted by molar-refractivity contribution is 0.0939. The highest BCUT2D eigenvalue weighted by Crippen LogP contribution is 2.17. The summed E-state index contributed by atoms with van der Waals surface area (Å²) < 4.78 is 1.67. The third-order valence-corrected chi connectivity index (χ3v) is 3.62. The Balaban J connectivity index is 1.86. The smallest absolute Gasteiger partial charge is 0.253 e. The number of aryl methyl sites for hydroxylation is 1. The average Bonchev–Trinajstić information content (AvgIpc) is 2.86. The van der Waals surface area contributed by atoms with Crippen LogP contribution in [-0.4, -0.2) is 20.5 Å². The van der Waals surface area contributed by atoms with Gasteiger partial charge in [0.1, 0.15) is 6.33 Å². The van der Waals surface area contributed by atoms with E-state index < -0.39 is 0 Å². The topological polar surface area (TPSA) is 59.3 Å². The van der Waals surface area contributed by atoms with Crippen molar-refractivity contribution in [2.24, 2.45) is 0 Å². The average molecular weight is 280 g/mol. The van der Waals surface area contributed by atoms with Gasteiger partial charge in [0.25, 0.3) is 5.91 Å². The van der Waals surface area contributed by atoms with Gasteiger partial charge >= 0.3 is 0 Å². The molecule has 2 aromatic heterocycles. The SMILES string of the molecule is Cc1c(C(=O)N[C@@H](C)c2ccccc2)cn2ncncc12. The summed E-state index contributed by atoms with van der Waals surface area (Å²) in [7, 11) is 0. The molecule has 0 aliphatic heterocycles. The van der Waals surface area contributed by atoms with Gasteiger partial charge in [0.05, 0.1) is 23.3 Å². The first kappa shape index (κ1) is 13.3. The third kappa shape index (κ3) is 2.50. The zero-order chi connectivity index (χ0) is 14.8. The largest absolute Gasteiger partial charge is 0.345 e. The summed E-state index contributed by atoms with van der Waals surface area (Å²) in [6, 6.07) is 9.84. The van der Waals surface area contributed by atoms with Gasteiger partial charge in [-0.15, -0.1) is 0 Å². The van der Waals surface area contributed by atoms with Gasteiger partial charge in [-0.25, -0.2) is 9.50 Å². The Morgan fingerprint density at radius 2 is 2.05 bits per heavy atom. The molecule has 5 nitrogen and oxygen atoms in total. The molecule has 0 unspecified atom stereocenters. The lowest BCUT2D eigenvalue weighted by Crippen LogP contribution is -2.26. The van der Waals surface area contributed by atoms with Crippen LogP contribution in [0.1, 0.15) is 34.5 Å². The first-order valence-corrected chi connectivity index (χ1v) is 6.80. The second-order valence-corrected chi connectivity index (χ2v) is 5.01. The van der Waals surface area contributed by atoms with E-state index >= 15 is 0 Å². The van der Waals surface area contributed by atoms with Crippen molar-refractivity contribution in [3.63, 3.8) is 0 Å². The monoisotopic (exact) mass is 280 g/mol. The van der Waals surface area contributed by atoms with Crippen LogP contribution in [0, 0.1) is 6.92 Å². The van der Waals surface area contributed by atoms with Crippen molar-refractivity contribution in [1.82, 2.24) is 19.9 Å². The van der Waals surface area contributed by atoms with Crippen LogP contribution >= 0.6 is 0 Å². The Labute approximate surface area is 122 Å². The molecule has 1 amide bonds. The predicted molar refractivity (Wildman–Crippen MR) is 80.0 cm³/mol. The van der Waals surface area contributed by atoms with Crippen molar-refractivity contribution in [2.75, 3.05) is 0 Å². The number of nitrogens with zero attached hydrogens (tertiary/aromatic N) is 3. The summed E-state index contributed by atoms with van der Waals surface area (Å²) in [6.45, 7) is 3.87. The highest BCUT2D eigenvalue weighted by Gasteiger charge is 2.17. The first-order valence-electron chi connectivity index (χ1n) is 6.80. The van der Waals surface area contributed by atoms with Gasteiger partial charge in [-0.2, -0.15) is 5.10 Å². The van der Waals surface area contributed by atoms with E-state index in [1.54, 1.807) is 16.9 Å². The fourth-order valence-corrected chi connectivity index (χ4v) is 2.37. The molecule has 1 atom stereocenters. The maximum Gasteiger partial charge on any atom is 0.253 e. The number of amides is 1. The number of hydrogen-bond donors (Lipinski definition) is 1. The molecule has 0 saturated carbocycles. The van der Waals surface area contributed by atoms with Gasteiger partial charge in [-0.1, -0.05) is 30.3 Å². The van der Waals surface area contributed by atoms with Crippen LogP contribution in [-0.2, 0) is 0 Å². The minimum atomic E-state index is -0.102. The lowest BCUT2D eigenvalue weighted by atomic mass is 10.1. The summed E-state index contributed by atoms with van der Waals surface area (Å²) in [5.41, 5.74) is 3.42. The normalized spacial score (nSPS) is 12.3. The number of hydrogen-bond acceptors (Lipinski definition) is 3. The molecule has 3 aromatic rings. The number of aromatic nitrogens is 3. The van der Waals surface area contributed by atoms with E-state index in [0.717, 1.165) is 16.6 Å². The summed E-state index contributed by atoms with van der Waals surface area (Å²) in [6.07, 6.45) is 4.90. The number of carbonyl (C=O) groups excluding carboxylic acids is 1. The van der Waals surface area contributed by atoms with E-state index in [4.69, 9.17) is 0 Å². The third-order valence-electron chi connectivity index (χ3n) is 3.62. The molecule has 0 saturated heterocycles. The van der Waals surface area contributed by atoms with Crippen molar-refractivity contribution in [1.29, 1.82) is 0 Å². The number of carbonyl (C=O) groups is 1. The second kappa shape index (κ2) is 5.36. The van der Waals surface area contributed by atoms with E-state index in [-0.39, 0.29) is 11.9 Å². The number of fused-ring (bicyclic) bond motifs is 1. The van der Waals surface area contributed by atoms with Crippen LogP contribution in [0.25, 0.3) is 5.52 Å². The molecule has 5 heteroatoms. The van der Waals surface area contributed by atoms with Crippen molar-refractivity contribution in [2.45, 2.75) is 19.9 Å². The molecule has 0 spiro atoms. The first-order chi connectivity index (χ1) is 10.2. The van der Waals surface area contributed by atoms with Crippen LogP contribution in [0.2, 0.25) is 0 Å². The number of benzene rings is 1. The fourth-order valence-electron chi connectivity index (χ4n) is 2.37. The molecule has 0 fully saturated rings. The Bertz CT molecular complexity index is 779. The lowest BCUT2D eigenvalue weighted by Gasteiger charge is -2.14. The zero-order valence-corrected chi connectivity index (χ0v) is 11.9. The van der Waals surface area contributed by atoms with Gasteiger partial charge in [0.15, 0.2) is 0 Å². The summed E-state index contributed by atoms with van der Waals surface area (Å²) in [5, 5.41) is 7.12. The summed E-state index contributed by atoms with van der Waals surface area (Å²) in [5.74, 6) is -0.102. The minimum absolute atomic E-state index is 0.0489. The Kier molecular flexibility index (Phi) is 3.39. The Hall–Kier alpha value is -2.69. The molecular formula is C16H16N4O. The molecular weight excluding hydrogens is 264 g/mol. The van der Waals surface area contributed by atoms with Gasteiger partial charge in [0, 0.05) is 6.20 Å². The molecule has 2 heterocycles. The highest BCUT2D eigenvalue weighted by molar-refractivity contribution is 5.97. The van der Waals surface area contributed by atoms with E-state index in [2.05, 4.69) is 15.4 Å². The quantitative estimate of drug-likeness (QED) is 0.802. The molecule has 1 N–H and O–H groups in total. The summed E-state index contributed by atoms with van der Waals surface area (Å²) in [4.78, 5) is 16.4. The molecule has 0 aliphatic rings. The minimum Gasteiger partial charge on any atom is -0.345 e. The molecule has 21 heavy (non-hydrogen) atoms. The van der Waals surface area contributed by atoms with Gasteiger partial charge < -0.3 is 5.32 Å². The van der Waals surface area contributed by atoms with E-state index in [9.17, 15) is 4.79 Å². The van der Waals surface area contributed by atoms with Crippen molar-refractivity contribution in [3.8, 4) is 0 Å². The Morgan fingerprint density at radius 3 is 2.76 bits per heavy atom. The van der Waals surface area contributed by atoms with E-state index in [1.165, 1.54) is 6.33 Å². The van der Waals surface area contributed by atoms with Gasteiger partial charge in [-0.05, 0) is 25.0 Å². The van der Waals surface area contributed by atoms with Crippen LogP contribution in [0.4, 0.5) is 0 Å². The van der Waals surface area contributed by atoms with E-state index in [0.29, 0.717) is 5.56 Å². The molecule has 106 valence electrons. The Morgan fingerprint density at radius 1 is 1.29 bits per heavy atom. The predicted octanol–water partition coefficient (Wildman–Crippen LogP) is 2.53. The fraction of sp³-hybridized carbons (Fsp3) is 0.188. The van der Waals surface area contributed by atoms with Crippen LogP contribution in [0.3, 0.4) is 0 Å². The standard InChI is InChI=1S/C16H16N4O/c1-11-14(9-20-15(11)8-17-10-18-20)16(21)19-12(2)13-6-4-3-5-7-13/h3-10,12H,1-2H3,(H,19,21)/t12-/m0/s1.